The van der Waals surface area contributed by atoms with Crippen molar-refractivity contribution in [1.82, 2.24) is 9.97 Å². The highest BCUT2D eigenvalue weighted by Gasteiger charge is 2.30. The normalized spacial score (nSPS) is 11.5. The number of alkyl halides is 3. The van der Waals surface area contributed by atoms with Crippen molar-refractivity contribution >= 4 is 23.1 Å². The van der Waals surface area contributed by atoms with Crippen molar-refractivity contribution in [3.63, 3.8) is 0 Å². The number of anilines is 2. The van der Waals surface area contributed by atoms with Gasteiger partial charge in [0, 0.05) is 5.69 Å². The molecule has 0 unspecified atom stereocenters. The maximum Gasteiger partial charge on any atom is 0.416 e. The minimum atomic E-state index is -4.39. The van der Waals surface area contributed by atoms with Gasteiger partial charge >= 0.3 is 6.18 Å². The van der Waals surface area contributed by atoms with Crippen LogP contribution in [0.1, 0.15) is 17.0 Å². The molecule has 1 heterocycles. The van der Waals surface area contributed by atoms with E-state index in [1.54, 1.807) is 13.8 Å². The van der Waals surface area contributed by atoms with E-state index in [4.69, 9.17) is 11.6 Å². The molecule has 0 spiro atoms. The third-order valence-corrected chi connectivity index (χ3v) is 2.98. The Bertz CT molecular complexity index is 641. The Kier molecular flexibility index (Phi) is 3.85. The van der Waals surface area contributed by atoms with Crippen LogP contribution in [0, 0.1) is 13.8 Å². The Morgan fingerprint density at radius 2 is 1.75 bits per heavy atom. The minimum absolute atomic E-state index is 0.116. The Hall–Kier alpha value is -1.82. The second kappa shape index (κ2) is 5.28. The number of rotatable bonds is 2. The van der Waals surface area contributed by atoms with E-state index < -0.39 is 11.7 Å². The fourth-order valence-electron chi connectivity index (χ4n) is 1.57. The van der Waals surface area contributed by atoms with Gasteiger partial charge in [-0.25, -0.2) is 9.97 Å². The lowest BCUT2D eigenvalue weighted by Crippen LogP contribution is -2.06. The molecule has 0 aliphatic carbocycles. The summed E-state index contributed by atoms with van der Waals surface area (Å²) in [6, 6.07) is 4.81. The lowest BCUT2D eigenvalue weighted by Gasteiger charge is -2.11. The van der Waals surface area contributed by atoms with Crippen LogP contribution in [0.5, 0.6) is 0 Å². The first-order valence-electron chi connectivity index (χ1n) is 5.72. The van der Waals surface area contributed by atoms with Gasteiger partial charge in [0.05, 0.1) is 17.0 Å². The van der Waals surface area contributed by atoms with Gasteiger partial charge in [-0.05, 0) is 32.0 Å². The first kappa shape index (κ1) is 14.6. The quantitative estimate of drug-likeness (QED) is 0.887. The molecule has 106 valence electrons. The molecule has 1 aromatic heterocycles. The van der Waals surface area contributed by atoms with Crippen LogP contribution in [0.15, 0.2) is 24.3 Å². The van der Waals surface area contributed by atoms with Crippen LogP contribution in [0.2, 0.25) is 5.15 Å². The van der Waals surface area contributed by atoms with Crippen molar-refractivity contribution in [3.05, 3.63) is 46.4 Å². The third kappa shape index (κ3) is 3.19. The highest BCUT2D eigenvalue weighted by Crippen LogP contribution is 2.32. The van der Waals surface area contributed by atoms with Gasteiger partial charge in [0.1, 0.15) is 0 Å². The zero-order valence-corrected chi connectivity index (χ0v) is 11.5. The molecule has 0 fully saturated rings. The molecule has 20 heavy (non-hydrogen) atoms. The lowest BCUT2D eigenvalue weighted by atomic mass is 10.2. The Morgan fingerprint density at radius 3 is 2.40 bits per heavy atom. The van der Waals surface area contributed by atoms with Gasteiger partial charge in [0.2, 0.25) is 0 Å². The van der Waals surface area contributed by atoms with Crippen LogP contribution >= 0.6 is 11.6 Å². The summed E-state index contributed by atoms with van der Waals surface area (Å²) in [5, 5.41) is 2.86. The zero-order chi connectivity index (χ0) is 14.9. The number of aromatic nitrogens is 2. The molecule has 0 bridgehead atoms. The van der Waals surface area contributed by atoms with Crippen molar-refractivity contribution in [2.75, 3.05) is 5.32 Å². The summed E-state index contributed by atoms with van der Waals surface area (Å²) >= 11 is 5.92. The van der Waals surface area contributed by atoms with Crippen LogP contribution in [0.25, 0.3) is 0 Å². The van der Waals surface area contributed by atoms with Crippen LogP contribution in [0.4, 0.5) is 24.7 Å². The fourth-order valence-corrected chi connectivity index (χ4v) is 1.78. The topological polar surface area (TPSA) is 37.8 Å². The number of benzene rings is 1. The summed E-state index contributed by atoms with van der Waals surface area (Å²) in [7, 11) is 0. The maximum absolute atomic E-state index is 12.6. The highest BCUT2D eigenvalue weighted by atomic mass is 35.5. The van der Waals surface area contributed by atoms with Gasteiger partial charge in [-0.2, -0.15) is 13.2 Å². The SMILES string of the molecule is Cc1nc(Cl)c(Nc2cccc(C(F)(F)F)c2)nc1C. The maximum atomic E-state index is 12.6. The van der Waals surface area contributed by atoms with Crippen molar-refractivity contribution in [2.45, 2.75) is 20.0 Å². The monoisotopic (exact) mass is 301 g/mol. The van der Waals surface area contributed by atoms with Crippen molar-refractivity contribution < 1.29 is 13.2 Å². The number of hydrogen-bond acceptors (Lipinski definition) is 3. The van der Waals surface area contributed by atoms with E-state index in [-0.39, 0.29) is 16.7 Å². The first-order valence-corrected chi connectivity index (χ1v) is 6.10. The second-order valence-electron chi connectivity index (χ2n) is 4.24. The second-order valence-corrected chi connectivity index (χ2v) is 4.60. The lowest BCUT2D eigenvalue weighted by molar-refractivity contribution is -0.137. The predicted molar refractivity (Wildman–Crippen MR) is 71.2 cm³/mol. The first-order chi connectivity index (χ1) is 9.27. The molecule has 0 amide bonds. The molecule has 2 rings (SSSR count). The third-order valence-electron chi connectivity index (χ3n) is 2.72. The summed E-state index contributed by atoms with van der Waals surface area (Å²) in [6.07, 6.45) is -4.39. The highest BCUT2D eigenvalue weighted by molar-refractivity contribution is 6.31. The number of aryl methyl sites for hydroxylation is 2. The molecular formula is C13H11ClF3N3. The van der Waals surface area contributed by atoms with E-state index in [0.29, 0.717) is 11.4 Å². The largest absolute Gasteiger partial charge is 0.416 e. The smallest absolute Gasteiger partial charge is 0.338 e. The number of halogens is 4. The molecule has 7 heteroatoms. The van der Waals surface area contributed by atoms with Crippen LogP contribution in [0.3, 0.4) is 0 Å². The molecule has 0 saturated carbocycles. The van der Waals surface area contributed by atoms with Crippen LogP contribution in [-0.2, 0) is 6.18 Å². The van der Waals surface area contributed by atoms with E-state index in [0.717, 1.165) is 12.1 Å². The van der Waals surface area contributed by atoms with E-state index in [1.807, 2.05) is 0 Å². The van der Waals surface area contributed by atoms with Gasteiger partial charge in [0.15, 0.2) is 11.0 Å². The minimum Gasteiger partial charge on any atom is -0.338 e. The zero-order valence-electron chi connectivity index (χ0n) is 10.7. The Morgan fingerprint density at radius 1 is 1.10 bits per heavy atom. The van der Waals surface area contributed by atoms with E-state index in [9.17, 15) is 13.2 Å². The molecular weight excluding hydrogens is 291 g/mol. The van der Waals surface area contributed by atoms with Crippen molar-refractivity contribution in [1.29, 1.82) is 0 Å². The Balaban J connectivity index is 2.33. The molecule has 0 aliphatic rings. The van der Waals surface area contributed by atoms with Gasteiger partial charge in [-0.3, -0.25) is 0 Å². The van der Waals surface area contributed by atoms with Gasteiger partial charge in [-0.15, -0.1) is 0 Å². The average molecular weight is 302 g/mol. The molecule has 0 atom stereocenters. The molecule has 1 N–H and O–H groups in total. The van der Waals surface area contributed by atoms with Gasteiger partial charge < -0.3 is 5.32 Å². The molecule has 0 aliphatic heterocycles. The van der Waals surface area contributed by atoms with Crippen molar-refractivity contribution in [2.24, 2.45) is 0 Å². The standard InChI is InChI=1S/C13H11ClF3N3/c1-7-8(2)19-12(11(14)18-7)20-10-5-3-4-9(6-10)13(15,16)17/h3-6H,1-2H3,(H,19,20). The van der Waals surface area contributed by atoms with E-state index in [1.165, 1.54) is 12.1 Å². The average Bonchev–Trinajstić information content (AvgIpc) is 2.35. The summed E-state index contributed by atoms with van der Waals surface area (Å²) in [5.41, 5.74) is 0.836. The Labute approximate surface area is 118 Å². The molecule has 0 saturated heterocycles. The van der Waals surface area contributed by atoms with E-state index in [2.05, 4.69) is 15.3 Å². The van der Waals surface area contributed by atoms with Crippen LogP contribution in [-0.4, -0.2) is 9.97 Å². The number of nitrogens with one attached hydrogen (secondary N) is 1. The molecule has 3 nitrogen and oxygen atoms in total. The summed E-state index contributed by atoms with van der Waals surface area (Å²) in [4.78, 5) is 8.23. The van der Waals surface area contributed by atoms with E-state index >= 15 is 0 Å². The van der Waals surface area contributed by atoms with Crippen LogP contribution < -0.4 is 5.32 Å². The predicted octanol–water partition coefficient (Wildman–Crippen LogP) is 4.51. The van der Waals surface area contributed by atoms with Gasteiger partial charge in [0.25, 0.3) is 0 Å². The van der Waals surface area contributed by atoms with Gasteiger partial charge in [-0.1, -0.05) is 17.7 Å². The summed E-state index contributed by atoms with van der Waals surface area (Å²) in [6.45, 7) is 3.50. The molecule has 2 aromatic rings. The molecule has 1 aromatic carbocycles. The number of nitrogens with zero attached hydrogens (tertiary/aromatic N) is 2. The van der Waals surface area contributed by atoms with Crippen molar-refractivity contribution in [3.8, 4) is 0 Å². The summed E-state index contributed by atoms with van der Waals surface area (Å²) < 4.78 is 37.9. The summed E-state index contributed by atoms with van der Waals surface area (Å²) in [5.74, 6) is 0.231. The molecule has 0 radical (unpaired) electrons. The number of hydrogen-bond donors (Lipinski definition) is 1. The fraction of sp³-hybridized carbons (Fsp3) is 0.231.